The van der Waals surface area contributed by atoms with Crippen LogP contribution in [0.25, 0.3) is 16.6 Å². The summed E-state index contributed by atoms with van der Waals surface area (Å²) in [5.41, 5.74) is 3.48. The van der Waals surface area contributed by atoms with E-state index in [2.05, 4.69) is 38.6 Å². The number of nitrogens with zero attached hydrogens (tertiary/aromatic N) is 6. The number of carbonyl (C=O) groups excluding carboxylic acids is 1. The Morgan fingerprint density at radius 2 is 1.78 bits per heavy atom. The average Bonchev–Trinajstić information content (AvgIpc) is 3.36. The maximum Gasteiger partial charge on any atom is 0.254 e. The van der Waals surface area contributed by atoms with Gasteiger partial charge in [-0.2, -0.15) is 0 Å². The molecule has 186 valence electrons. The third-order valence-corrected chi connectivity index (χ3v) is 6.99. The number of para-hydroxylation sites is 1. The van der Waals surface area contributed by atoms with E-state index in [-0.39, 0.29) is 11.9 Å². The van der Waals surface area contributed by atoms with Crippen LogP contribution in [0.1, 0.15) is 28.7 Å². The number of benzene rings is 3. The van der Waals surface area contributed by atoms with Crippen molar-refractivity contribution in [2.75, 3.05) is 31.6 Å². The summed E-state index contributed by atoms with van der Waals surface area (Å²) in [4.78, 5) is 22.6. The molecule has 1 unspecified atom stereocenters. The number of methoxy groups -OCH3 is 1. The molecular weight excluding hydrogens is 464 g/mol. The van der Waals surface area contributed by atoms with Crippen molar-refractivity contribution in [3.8, 4) is 5.75 Å². The lowest BCUT2D eigenvalue weighted by Gasteiger charge is -2.40. The van der Waals surface area contributed by atoms with Crippen LogP contribution in [0.2, 0.25) is 0 Å². The van der Waals surface area contributed by atoms with E-state index in [0.29, 0.717) is 37.4 Å². The molecular formula is C29H28N6O2. The summed E-state index contributed by atoms with van der Waals surface area (Å²) in [5.74, 6) is 2.34. The molecule has 8 nitrogen and oxygen atoms in total. The molecule has 1 aliphatic heterocycles. The number of hydrogen-bond donors (Lipinski definition) is 0. The maximum absolute atomic E-state index is 13.3. The molecule has 6 rings (SSSR count). The Balaban J connectivity index is 1.35. The zero-order chi connectivity index (χ0) is 25.4. The molecule has 0 spiro atoms. The van der Waals surface area contributed by atoms with Crippen molar-refractivity contribution in [1.82, 2.24) is 24.5 Å². The van der Waals surface area contributed by atoms with Crippen LogP contribution in [0.3, 0.4) is 0 Å². The number of amides is 1. The standard InChI is InChI=1S/C29H28N6O2/c1-20-19-33(15-16-34(20)28(36)22-11-8-12-23(18-22)37-2)29-30-25-14-7-6-13-24(25)27-32-31-26(35(27)29)17-21-9-4-3-5-10-21/h3-14,18,20H,15-17,19H2,1-2H3. The summed E-state index contributed by atoms with van der Waals surface area (Å²) >= 11 is 0. The summed E-state index contributed by atoms with van der Waals surface area (Å²) in [5, 5.41) is 10.1. The molecule has 0 N–H and O–H groups in total. The predicted molar refractivity (Wildman–Crippen MR) is 143 cm³/mol. The molecule has 0 saturated carbocycles. The first-order valence-corrected chi connectivity index (χ1v) is 12.5. The molecule has 1 fully saturated rings. The van der Waals surface area contributed by atoms with E-state index in [1.165, 1.54) is 0 Å². The third-order valence-electron chi connectivity index (χ3n) is 6.99. The summed E-state index contributed by atoms with van der Waals surface area (Å²) < 4.78 is 7.40. The van der Waals surface area contributed by atoms with Gasteiger partial charge in [0.05, 0.1) is 12.6 Å². The Kier molecular flexibility index (Phi) is 5.92. The van der Waals surface area contributed by atoms with Crippen LogP contribution in [-0.4, -0.2) is 63.2 Å². The van der Waals surface area contributed by atoms with Crippen LogP contribution in [-0.2, 0) is 6.42 Å². The SMILES string of the molecule is COc1cccc(C(=O)N2CCN(c3nc4ccccc4c4nnc(Cc5ccccc5)n34)CC2C)c1. The highest BCUT2D eigenvalue weighted by atomic mass is 16.5. The van der Waals surface area contributed by atoms with Crippen LogP contribution in [0, 0.1) is 0 Å². The molecule has 2 aromatic heterocycles. The van der Waals surface area contributed by atoms with Gasteiger partial charge in [-0.15, -0.1) is 10.2 Å². The van der Waals surface area contributed by atoms with Gasteiger partial charge in [0.25, 0.3) is 5.91 Å². The minimum atomic E-state index is -0.00942. The number of fused-ring (bicyclic) bond motifs is 3. The highest BCUT2D eigenvalue weighted by molar-refractivity contribution is 5.95. The van der Waals surface area contributed by atoms with E-state index in [1.807, 2.05) is 65.6 Å². The molecule has 5 aromatic rings. The monoisotopic (exact) mass is 492 g/mol. The van der Waals surface area contributed by atoms with Crippen molar-refractivity contribution in [3.05, 3.63) is 95.8 Å². The molecule has 0 bridgehead atoms. The van der Waals surface area contributed by atoms with Crippen molar-refractivity contribution < 1.29 is 9.53 Å². The fourth-order valence-corrected chi connectivity index (χ4v) is 5.09. The van der Waals surface area contributed by atoms with E-state index in [9.17, 15) is 4.79 Å². The van der Waals surface area contributed by atoms with Crippen molar-refractivity contribution in [1.29, 1.82) is 0 Å². The molecule has 3 heterocycles. The first-order valence-electron chi connectivity index (χ1n) is 12.5. The van der Waals surface area contributed by atoms with Gasteiger partial charge in [-0.3, -0.25) is 4.79 Å². The van der Waals surface area contributed by atoms with Crippen LogP contribution >= 0.6 is 0 Å². The summed E-state index contributed by atoms with van der Waals surface area (Å²) in [7, 11) is 1.61. The number of piperazine rings is 1. The van der Waals surface area contributed by atoms with Crippen LogP contribution in [0.15, 0.2) is 78.9 Å². The number of rotatable bonds is 5. The van der Waals surface area contributed by atoms with Crippen molar-refractivity contribution in [2.45, 2.75) is 19.4 Å². The molecule has 8 heteroatoms. The number of hydrogen-bond acceptors (Lipinski definition) is 6. The summed E-state index contributed by atoms with van der Waals surface area (Å²) in [6.07, 6.45) is 0.652. The Labute approximate surface area is 215 Å². The van der Waals surface area contributed by atoms with Gasteiger partial charge in [-0.25, -0.2) is 9.38 Å². The minimum absolute atomic E-state index is 0.00942. The molecule has 37 heavy (non-hydrogen) atoms. The second-order valence-corrected chi connectivity index (χ2v) is 9.39. The smallest absolute Gasteiger partial charge is 0.254 e. The van der Waals surface area contributed by atoms with Crippen LogP contribution < -0.4 is 9.64 Å². The number of aromatic nitrogens is 4. The van der Waals surface area contributed by atoms with Gasteiger partial charge in [-0.1, -0.05) is 48.5 Å². The molecule has 1 amide bonds. The lowest BCUT2D eigenvalue weighted by Crippen LogP contribution is -2.54. The summed E-state index contributed by atoms with van der Waals surface area (Å²) in [6.45, 7) is 3.98. The zero-order valence-corrected chi connectivity index (χ0v) is 20.9. The fraction of sp³-hybridized carbons (Fsp3) is 0.241. The Morgan fingerprint density at radius 3 is 2.59 bits per heavy atom. The van der Waals surface area contributed by atoms with Gasteiger partial charge in [0.15, 0.2) is 5.65 Å². The molecule has 3 aromatic carbocycles. The lowest BCUT2D eigenvalue weighted by molar-refractivity contribution is 0.0672. The topological polar surface area (TPSA) is 75.9 Å². The Morgan fingerprint density at radius 1 is 0.973 bits per heavy atom. The van der Waals surface area contributed by atoms with Crippen molar-refractivity contribution in [3.63, 3.8) is 0 Å². The van der Waals surface area contributed by atoms with Gasteiger partial charge >= 0.3 is 0 Å². The second kappa shape index (κ2) is 9.54. The van der Waals surface area contributed by atoms with Gasteiger partial charge in [0.1, 0.15) is 11.6 Å². The van der Waals surface area contributed by atoms with Crippen LogP contribution in [0.5, 0.6) is 5.75 Å². The van der Waals surface area contributed by atoms with E-state index in [1.54, 1.807) is 13.2 Å². The first kappa shape index (κ1) is 23.0. The Bertz CT molecular complexity index is 1580. The fourth-order valence-electron chi connectivity index (χ4n) is 5.09. The largest absolute Gasteiger partial charge is 0.497 e. The Hall–Kier alpha value is -4.46. The van der Waals surface area contributed by atoms with Gasteiger partial charge < -0.3 is 14.5 Å². The maximum atomic E-state index is 13.3. The molecule has 0 radical (unpaired) electrons. The third kappa shape index (κ3) is 4.24. The van der Waals surface area contributed by atoms with E-state index < -0.39 is 0 Å². The molecule has 1 saturated heterocycles. The van der Waals surface area contributed by atoms with Crippen molar-refractivity contribution in [2.24, 2.45) is 0 Å². The summed E-state index contributed by atoms with van der Waals surface area (Å²) in [6, 6.07) is 25.6. The second-order valence-electron chi connectivity index (χ2n) is 9.39. The lowest BCUT2D eigenvalue weighted by atomic mass is 10.1. The minimum Gasteiger partial charge on any atom is -0.497 e. The van der Waals surface area contributed by atoms with Gasteiger partial charge in [0.2, 0.25) is 5.95 Å². The highest BCUT2D eigenvalue weighted by Gasteiger charge is 2.31. The number of ether oxygens (including phenoxy) is 1. The molecule has 1 aliphatic rings. The highest BCUT2D eigenvalue weighted by Crippen LogP contribution is 2.27. The van der Waals surface area contributed by atoms with Gasteiger partial charge in [-0.05, 0) is 42.8 Å². The average molecular weight is 493 g/mol. The first-order chi connectivity index (χ1) is 18.1. The molecule has 0 aliphatic carbocycles. The predicted octanol–water partition coefficient (Wildman–Crippen LogP) is 4.23. The van der Waals surface area contributed by atoms with Gasteiger partial charge in [0, 0.05) is 43.0 Å². The van der Waals surface area contributed by atoms with Crippen molar-refractivity contribution >= 4 is 28.4 Å². The number of carbonyl (C=O) groups is 1. The van der Waals surface area contributed by atoms with E-state index in [4.69, 9.17) is 9.72 Å². The quantitative estimate of drug-likeness (QED) is 0.366. The van der Waals surface area contributed by atoms with E-state index in [0.717, 1.165) is 33.9 Å². The van der Waals surface area contributed by atoms with E-state index >= 15 is 0 Å². The zero-order valence-electron chi connectivity index (χ0n) is 20.9. The number of anilines is 1. The van der Waals surface area contributed by atoms with Crippen LogP contribution in [0.4, 0.5) is 5.95 Å². The normalized spacial score (nSPS) is 15.9. The molecule has 1 atom stereocenters.